The van der Waals surface area contributed by atoms with E-state index in [9.17, 15) is 18.5 Å². The number of H-pyrrole nitrogens is 1. The van der Waals surface area contributed by atoms with Crippen LogP contribution in [-0.2, 0) is 10.0 Å². The highest BCUT2D eigenvalue weighted by Crippen LogP contribution is 2.23. The number of nitrogens with one attached hydrogen (secondary N) is 2. The minimum atomic E-state index is -3.76. The van der Waals surface area contributed by atoms with Crippen LogP contribution in [0.5, 0.6) is 0 Å². The van der Waals surface area contributed by atoms with Crippen LogP contribution >= 0.6 is 0 Å². The van der Waals surface area contributed by atoms with Crippen molar-refractivity contribution < 1.29 is 13.3 Å². The molecule has 100 valence electrons. The second-order valence-electron chi connectivity index (χ2n) is 3.78. The van der Waals surface area contributed by atoms with Crippen molar-refractivity contribution >= 4 is 21.4 Å². The van der Waals surface area contributed by atoms with E-state index in [1.54, 1.807) is 6.92 Å². The Kier molecular flexibility index (Phi) is 3.21. The number of benzene rings is 1. The second kappa shape index (κ2) is 4.69. The van der Waals surface area contributed by atoms with E-state index < -0.39 is 14.9 Å². The number of aromatic amines is 1. The van der Waals surface area contributed by atoms with Gasteiger partial charge in [-0.15, -0.1) is 0 Å². The third kappa shape index (κ3) is 2.71. The predicted molar refractivity (Wildman–Crippen MR) is 67.2 cm³/mol. The number of anilines is 1. The summed E-state index contributed by atoms with van der Waals surface area (Å²) < 4.78 is 26.2. The lowest BCUT2D eigenvalue weighted by Crippen LogP contribution is -2.14. The summed E-state index contributed by atoms with van der Waals surface area (Å²) in [5.74, 6) is 0. The Balaban J connectivity index is 2.32. The summed E-state index contributed by atoms with van der Waals surface area (Å²) in [7, 11) is -3.76. The van der Waals surface area contributed by atoms with Gasteiger partial charge in [0.25, 0.3) is 15.7 Å². The number of rotatable bonds is 4. The molecule has 0 fully saturated rings. The smallest absolute Gasteiger partial charge is 0.278 e. The zero-order chi connectivity index (χ0) is 14.0. The molecule has 0 unspecified atom stereocenters. The molecule has 19 heavy (non-hydrogen) atoms. The number of nitro groups is 1. The van der Waals surface area contributed by atoms with E-state index in [0.717, 1.165) is 0 Å². The Morgan fingerprint density at radius 3 is 2.63 bits per heavy atom. The maximum Gasteiger partial charge on any atom is 0.278 e. The van der Waals surface area contributed by atoms with Crippen LogP contribution in [0.2, 0.25) is 0 Å². The molecule has 0 aliphatic carbocycles. The summed E-state index contributed by atoms with van der Waals surface area (Å²) in [6.07, 6.45) is 1.32. The zero-order valence-electron chi connectivity index (χ0n) is 9.82. The molecule has 2 N–H and O–H groups in total. The topological polar surface area (TPSA) is 118 Å². The molecule has 2 rings (SSSR count). The van der Waals surface area contributed by atoms with Crippen LogP contribution in [0.3, 0.4) is 0 Å². The maximum atomic E-state index is 11.9. The lowest BCUT2D eigenvalue weighted by molar-refractivity contribution is -0.384. The van der Waals surface area contributed by atoms with E-state index in [1.165, 1.54) is 30.5 Å². The molecule has 2 aromatic rings. The van der Waals surface area contributed by atoms with Crippen LogP contribution in [0.1, 0.15) is 5.56 Å². The fraction of sp³-hybridized carbons (Fsp3) is 0.100. The Bertz CT molecular complexity index is 709. The molecule has 0 atom stereocenters. The number of aryl methyl sites for hydroxylation is 1. The van der Waals surface area contributed by atoms with Crippen LogP contribution in [0.25, 0.3) is 0 Å². The fourth-order valence-electron chi connectivity index (χ4n) is 1.47. The van der Waals surface area contributed by atoms with Crippen LogP contribution in [-0.4, -0.2) is 23.5 Å². The van der Waals surface area contributed by atoms with E-state index in [1.807, 2.05) is 0 Å². The van der Waals surface area contributed by atoms with E-state index >= 15 is 0 Å². The lowest BCUT2D eigenvalue weighted by atomic mass is 10.2. The molecule has 0 aliphatic heterocycles. The van der Waals surface area contributed by atoms with Crippen molar-refractivity contribution in [1.29, 1.82) is 0 Å². The van der Waals surface area contributed by atoms with Crippen molar-refractivity contribution in [3.63, 3.8) is 0 Å². The van der Waals surface area contributed by atoms with Gasteiger partial charge in [-0.05, 0) is 24.6 Å². The normalized spacial score (nSPS) is 11.2. The third-order valence-electron chi connectivity index (χ3n) is 2.43. The first-order valence-corrected chi connectivity index (χ1v) is 6.66. The average molecular weight is 282 g/mol. The Hall–Kier alpha value is -2.42. The van der Waals surface area contributed by atoms with Crippen molar-refractivity contribution in [3.8, 4) is 0 Å². The van der Waals surface area contributed by atoms with E-state index in [2.05, 4.69) is 14.9 Å². The van der Waals surface area contributed by atoms with Gasteiger partial charge in [-0.1, -0.05) is 0 Å². The highest BCUT2D eigenvalue weighted by atomic mass is 32.2. The van der Waals surface area contributed by atoms with Gasteiger partial charge >= 0.3 is 0 Å². The molecule has 1 aromatic heterocycles. The van der Waals surface area contributed by atoms with Crippen molar-refractivity contribution in [3.05, 3.63) is 46.1 Å². The summed E-state index contributed by atoms with van der Waals surface area (Å²) in [5, 5.41) is 16.4. The summed E-state index contributed by atoms with van der Waals surface area (Å²) in [6, 6.07) is 5.19. The molecule has 9 heteroatoms. The van der Waals surface area contributed by atoms with Gasteiger partial charge in [-0.3, -0.25) is 19.9 Å². The average Bonchev–Trinajstić information content (AvgIpc) is 2.85. The molecule has 1 aromatic carbocycles. The largest absolute Gasteiger partial charge is 0.278 e. The van der Waals surface area contributed by atoms with Gasteiger partial charge < -0.3 is 0 Å². The monoisotopic (exact) mass is 282 g/mol. The molecular weight excluding hydrogens is 272 g/mol. The van der Waals surface area contributed by atoms with Crippen molar-refractivity contribution in [2.24, 2.45) is 0 Å². The number of nitrogens with zero attached hydrogens (tertiary/aromatic N) is 2. The number of hydrogen-bond acceptors (Lipinski definition) is 5. The first kappa shape index (κ1) is 13.0. The minimum absolute atomic E-state index is 0.0785. The second-order valence-corrected chi connectivity index (χ2v) is 5.43. The number of sulfonamides is 1. The Morgan fingerprint density at radius 2 is 2.11 bits per heavy atom. The highest BCUT2D eigenvalue weighted by Gasteiger charge is 2.17. The number of aromatic nitrogens is 2. The predicted octanol–water partition coefficient (Wildman–Crippen LogP) is 1.43. The van der Waals surface area contributed by atoms with Crippen LogP contribution in [0.4, 0.5) is 11.4 Å². The molecule has 0 amide bonds. The van der Waals surface area contributed by atoms with Crippen LogP contribution < -0.4 is 4.72 Å². The molecule has 1 heterocycles. The zero-order valence-corrected chi connectivity index (χ0v) is 10.6. The van der Waals surface area contributed by atoms with Gasteiger partial charge in [-0.25, -0.2) is 0 Å². The van der Waals surface area contributed by atoms with E-state index in [4.69, 9.17) is 0 Å². The van der Waals surface area contributed by atoms with Gasteiger partial charge in [0, 0.05) is 12.1 Å². The number of nitro benzene ring substituents is 1. The molecule has 0 spiro atoms. The summed E-state index contributed by atoms with van der Waals surface area (Å²) >= 11 is 0. The Morgan fingerprint density at radius 1 is 1.37 bits per heavy atom. The van der Waals surface area contributed by atoms with Gasteiger partial charge in [-0.2, -0.15) is 13.5 Å². The highest BCUT2D eigenvalue weighted by molar-refractivity contribution is 7.92. The molecular formula is C10H10N4O4S. The number of hydrogen-bond donors (Lipinski definition) is 2. The quantitative estimate of drug-likeness (QED) is 0.649. The molecule has 0 saturated carbocycles. The summed E-state index contributed by atoms with van der Waals surface area (Å²) in [5.41, 5.74) is 0.638. The van der Waals surface area contributed by atoms with Gasteiger partial charge in [0.15, 0.2) is 5.03 Å². The van der Waals surface area contributed by atoms with Crippen molar-refractivity contribution in [1.82, 2.24) is 10.2 Å². The molecule has 8 nitrogen and oxygen atoms in total. The van der Waals surface area contributed by atoms with Crippen molar-refractivity contribution in [2.45, 2.75) is 11.9 Å². The fourth-order valence-corrected chi connectivity index (χ4v) is 2.51. The minimum Gasteiger partial charge on any atom is -0.278 e. The van der Waals surface area contributed by atoms with Crippen molar-refractivity contribution in [2.75, 3.05) is 4.72 Å². The van der Waals surface area contributed by atoms with Crippen LogP contribution in [0.15, 0.2) is 35.5 Å². The maximum absolute atomic E-state index is 11.9. The molecule has 0 aliphatic rings. The Labute approximate surface area is 108 Å². The first-order valence-electron chi connectivity index (χ1n) is 5.17. The molecule has 0 radical (unpaired) electrons. The third-order valence-corrected chi connectivity index (χ3v) is 3.72. The number of non-ortho nitro benzene ring substituents is 1. The van der Waals surface area contributed by atoms with Gasteiger partial charge in [0.1, 0.15) is 0 Å². The summed E-state index contributed by atoms with van der Waals surface area (Å²) in [6.45, 7) is 1.58. The van der Waals surface area contributed by atoms with Crippen LogP contribution in [0, 0.1) is 17.0 Å². The summed E-state index contributed by atoms with van der Waals surface area (Å²) in [4.78, 5) is 10.0. The van der Waals surface area contributed by atoms with E-state index in [-0.39, 0.29) is 16.4 Å². The SMILES string of the molecule is Cc1cc([N+](=O)[O-])ccc1NS(=O)(=O)c1ccn[nH]1. The molecule has 0 saturated heterocycles. The first-order chi connectivity index (χ1) is 8.90. The van der Waals surface area contributed by atoms with E-state index in [0.29, 0.717) is 5.56 Å². The van der Waals surface area contributed by atoms with Gasteiger partial charge in [0.2, 0.25) is 0 Å². The van der Waals surface area contributed by atoms with Gasteiger partial charge in [0.05, 0.1) is 16.8 Å². The molecule has 0 bridgehead atoms. The standard InChI is InChI=1S/C10H10N4O4S/c1-7-6-8(14(15)16)2-3-9(7)13-19(17,18)10-4-5-11-12-10/h2-6,13H,1H3,(H,11,12). The lowest BCUT2D eigenvalue weighted by Gasteiger charge is -2.08.